The topological polar surface area (TPSA) is 51.5 Å². The maximum atomic E-state index is 12.3. The number of aryl methyl sites for hydroxylation is 3. The van der Waals surface area contributed by atoms with Gasteiger partial charge in [-0.15, -0.1) is 0 Å². The second-order valence-corrected chi connectivity index (χ2v) is 6.69. The highest BCUT2D eigenvalue weighted by molar-refractivity contribution is 5.77. The Morgan fingerprint density at radius 2 is 1.92 bits per heavy atom. The van der Waals surface area contributed by atoms with Crippen molar-refractivity contribution in [3.63, 3.8) is 0 Å². The molecule has 0 N–H and O–H groups in total. The van der Waals surface area contributed by atoms with Gasteiger partial charge in [0.25, 0.3) is 5.56 Å². The third-order valence-electron chi connectivity index (χ3n) is 4.85. The lowest BCUT2D eigenvalue weighted by atomic mass is 10.0. The van der Waals surface area contributed by atoms with Crippen LogP contribution in [0.5, 0.6) is 5.75 Å². The molecule has 3 rings (SSSR count). The van der Waals surface area contributed by atoms with E-state index in [4.69, 9.17) is 4.74 Å². The van der Waals surface area contributed by atoms with Crippen LogP contribution in [0.3, 0.4) is 0 Å². The zero-order valence-electron chi connectivity index (χ0n) is 15.0. The van der Waals surface area contributed by atoms with Crippen molar-refractivity contribution in [3.8, 4) is 5.75 Å². The molecule has 0 saturated carbocycles. The lowest BCUT2D eigenvalue weighted by Crippen LogP contribution is -2.56. The van der Waals surface area contributed by atoms with E-state index < -0.39 is 0 Å². The zero-order chi connectivity index (χ0) is 18.0. The van der Waals surface area contributed by atoms with E-state index in [1.165, 1.54) is 17.2 Å². The molecular weight excluding hydrogens is 316 g/mol. The first-order valence-corrected chi connectivity index (χ1v) is 8.60. The average molecular weight is 340 g/mol. The predicted molar refractivity (Wildman–Crippen MR) is 96.9 cm³/mol. The molecule has 2 heterocycles. The molecule has 2 aromatic rings. The Hall–Kier alpha value is -2.56. The molecule has 25 heavy (non-hydrogen) atoms. The van der Waals surface area contributed by atoms with Gasteiger partial charge in [-0.25, -0.2) is 0 Å². The van der Waals surface area contributed by atoms with E-state index in [2.05, 4.69) is 19.1 Å². The lowest BCUT2D eigenvalue weighted by Gasteiger charge is -2.39. The number of likely N-dealkylation sites (tertiary alicyclic amines) is 1. The molecular formula is C20H24N2O3. The van der Waals surface area contributed by atoms with Crippen molar-refractivity contribution in [2.24, 2.45) is 7.05 Å². The summed E-state index contributed by atoms with van der Waals surface area (Å²) in [5.41, 5.74) is 3.22. The number of amides is 1. The first-order valence-electron chi connectivity index (χ1n) is 8.60. The summed E-state index contributed by atoms with van der Waals surface area (Å²) < 4.78 is 7.40. The van der Waals surface area contributed by atoms with Crippen molar-refractivity contribution < 1.29 is 9.53 Å². The summed E-state index contributed by atoms with van der Waals surface area (Å²) in [6.45, 7) is 5.11. The summed E-state index contributed by atoms with van der Waals surface area (Å²) in [5.74, 6) is 0.737. The van der Waals surface area contributed by atoms with Crippen molar-refractivity contribution >= 4 is 5.91 Å². The Balaban J connectivity index is 1.48. The van der Waals surface area contributed by atoms with Crippen molar-refractivity contribution in [2.45, 2.75) is 32.8 Å². The molecule has 0 aliphatic carbocycles. The Labute approximate surface area is 147 Å². The van der Waals surface area contributed by atoms with Crippen molar-refractivity contribution in [3.05, 3.63) is 63.6 Å². The molecule has 5 nitrogen and oxygen atoms in total. The predicted octanol–water partition coefficient (Wildman–Crippen LogP) is 2.22. The minimum Gasteiger partial charge on any atom is -0.486 e. The SMILES string of the molecule is Cc1ccccc1CCC(=O)N1CC(Oc2cc(C)n(C)c(=O)c2)C1. The fraction of sp³-hybridized carbons (Fsp3) is 0.400. The van der Waals surface area contributed by atoms with Crippen LogP contribution in [-0.4, -0.2) is 34.6 Å². The van der Waals surface area contributed by atoms with Crippen LogP contribution in [0, 0.1) is 13.8 Å². The maximum absolute atomic E-state index is 12.3. The highest BCUT2D eigenvalue weighted by Crippen LogP contribution is 2.19. The number of hydrogen-bond donors (Lipinski definition) is 0. The number of hydrogen-bond acceptors (Lipinski definition) is 3. The molecule has 1 aromatic heterocycles. The van der Waals surface area contributed by atoms with Crippen LogP contribution in [0.15, 0.2) is 41.2 Å². The second kappa shape index (κ2) is 7.13. The van der Waals surface area contributed by atoms with Crippen LogP contribution in [0.2, 0.25) is 0 Å². The fourth-order valence-electron chi connectivity index (χ4n) is 3.00. The number of carbonyl (C=O) groups excluding carboxylic acids is 1. The van der Waals surface area contributed by atoms with Gasteiger partial charge >= 0.3 is 0 Å². The van der Waals surface area contributed by atoms with E-state index in [0.717, 1.165) is 12.1 Å². The van der Waals surface area contributed by atoms with Crippen molar-refractivity contribution in [1.82, 2.24) is 9.47 Å². The van der Waals surface area contributed by atoms with Crippen LogP contribution in [0.4, 0.5) is 0 Å². The van der Waals surface area contributed by atoms with Crippen LogP contribution >= 0.6 is 0 Å². The van der Waals surface area contributed by atoms with E-state index in [9.17, 15) is 9.59 Å². The number of aromatic nitrogens is 1. The molecule has 1 saturated heterocycles. The zero-order valence-corrected chi connectivity index (χ0v) is 15.0. The van der Waals surface area contributed by atoms with Gasteiger partial charge < -0.3 is 14.2 Å². The fourth-order valence-corrected chi connectivity index (χ4v) is 3.00. The van der Waals surface area contributed by atoms with Crippen LogP contribution in [0.25, 0.3) is 0 Å². The van der Waals surface area contributed by atoms with Crippen LogP contribution in [-0.2, 0) is 18.3 Å². The Morgan fingerprint density at radius 3 is 2.60 bits per heavy atom. The quantitative estimate of drug-likeness (QED) is 0.839. The number of nitrogens with zero attached hydrogens (tertiary/aromatic N) is 2. The van der Waals surface area contributed by atoms with E-state index in [1.807, 2.05) is 30.0 Å². The number of rotatable bonds is 5. The van der Waals surface area contributed by atoms with E-state index in [-0.39, 0.29) is 17.6 Å². The Bertz CT molecular complexity index is 835. The summed E-state index contributed by atoms with van der Waals surface area (Å²) in [7, 11) is 1.74. The van der Waals surface area contributed by atoms with Gasteiger partial charge in [-0.05, 0) is 37.5 Å². The van der Waals surface area contributed by atoms with Crippen LogP contribution < -0.4 is 10.3 Å². The standard InChI is InChI=1S/C20H24N2O3/c1-14-6-4-5-7-16(14)8-9-19(23)22-12-18(13-22)25-17-10-15(2)21(3)20(24)11-17/h4-7,10-11,18H,8-9,12-13H2,1-3H3. The molecule has 132 valence electrons. The molecule has 1 aliphatic rings. The third kappa shape index (κ3) is 3.92. The smallest absolute Gasteiger partial charge is 0.254 e. The highest BCUT2D eigenvalue weighted by Gasteiger charge is 2.32. The molecule has 0 spiro atoms. The molecule has 1 aromatic carbocycles. The lowest BCUT2D eigenvalue weighted by molar-refractivity contribution is -0.139. The normalized spacial score (nSPS) is 14.3. The summed E-state index contributed by atoms with van der Waals surface area (Å²) >= 11 is 0. The molecule has 1 fully saturated rings. The molecule has 0 unspecified atom stereocenters. The van der Waals surface area contributed by atoms with Gasteiger partial charge in [0.05, 0.1) is 13.1 Å². The Morgan fingerprint density at radius 1 is 1.20 bits per heavy atom. The second-order valence-electron chi connectivity index (χ2n) is 6.69. The summed E-state index contributed by atoms with van der Waals surface area (Å²) in [4.78, 5) is 25.9. The van der Waals surface area contributed by atoms with Gasteiger partial charge in [0.1, 0.15) is 11.9 Å². The first-order chi connectivity index (χ1) is 11.9. The van der Waals surface area contributed by atoms with E-state index in [0.29, 0.717) is 25.3 Å². The molecule has 0 radical (unpaired) electrons. The molecule has 1 aliphatic heterocycles. The minimum absolute atomic E-state index is 0.0334. The number of pyridine rings is 1. The van der Waals surface area contributed by atoms with E-state index >= 15 is 0 Å². The number of carbonyl (C=O) groups is 1. The molecule has 1 amide bonds. The van der Waals surface area contributed by atoms with Gasteiger partial charge in [0.15, 0.2) is 0 Å². The van der Waals surface area contributed by atoms with Gasteiger partial charge in [-0.1, -0.05) is 24.3 Å². The van der Waals surface area contributed by atoms with Crippen LogP contribution in [0.1, 0.15) is 23.2 Å². The van der Waals surface area contributed by atoms with Gasteiger partial charge in [0.2, 0.25) is 5.91 Å². The first kappa shape index (κ1) is 17.3. The van der Waals surface area contributed by atoms with Crippen molar-refractivity contribution in [1.29, 1.82) is 0 Å². The van der Waals surface area contributed by atoms with Crippen molar-refractivity contribution in [2.75, 3.05) is 13.1 Å². The largest absolute Gasteiger partial charge is 0.486 e. The Kier molecular flexibility index (Phi) is 4.93. The summed E-state index contributed by atoms with van der Waals surface area (Å²) in [6.07, 6.45) is 1.25. The van der Waals surface area contributed by atoms with Gasteiger partial charge in [0, 0.05) is 25.2 Å². The molecule has 0 bridgehead atoms. The number of benzene rings is 1. The molecule has 0 atom stereocenters. The third-order valence-corrected chi connectivity index (χ3v) is 4.85. The minimum atomic E-state index is -0.0829. The summed E-state index contributed by atoms with van der Waals surface area (Å²) in [5, 5.41) is 0. The number of ether oxygens (including phenoxy) is 1. The maximum Gasteiger partial charge on any atom is 0.254 e. The van der Waals surface area contributed by atoms with Gasteiger partial charge in [-0.3, -0.25) is 9.59 Å². The highest BCUT2D eigenvalue weighted by atomic mass is 16.5. The van der Waals surface area contributed by atoms with E-state index in [1.54, 1.807) is 11.6 Å². The monoisotopic (exact) mass is 340 g/mol. The molecule has 5 heteroatoms. The summed E-state index contributed by atoms with van der Waals surface area (Å²) in [6, 6.07) is 11.5. The average Bonchev–Trinajstić information content (AvgIpc) is 2.54. The van der Waals surface area contributed by atoms with Gasteiger partial charge in [-0.2, -0.15) is 0 Å².